The third-order valence-electron chi connectivity index (χ3n) is 4.11. The van der Waals surface area contributed by atoms with Crippen LogP contribution in [0.2, 0.25) is 0 Å². The maximum Gasteiger partial charge on any atom is 0.0158 e. The molecular weight excluding hydrogens is 194 g/mol. The Balaban J connectivity index is 2.08. The average Bonchev–Trinajstić information content (AvgIpc) is 2.85. The molecule has 1 nitrogen and oxygen atoms in total. The van der Waals surface area contributed by atoms with Crippen LogP contribution < -0.4 is 5.32 Å². The average molecular weight is 217 g/mol. The summed E-state index contributed by atoms with van der Waals surface area (Å²) in [4.78, 5) is 0. The molecule has 2 atom stereocenters. The Hall–Kier alpha value is -0.820. The van der Waals surface area contributed by atoms with E-state index in [1.165, 1.54) is 31.2 Å². The molecule has 0 aliphatic heterocycles. The highest BCUT2D eigenvalue weighted by Crippen LogP contribution is 2.34. The molecule has 1 aliphatic carbocycles. The molecule has 2 unspecified atom stereocenters. The molecule has 0 aromatic heterocycles. The molecule has 1 aliphatic rings. The van der Waals surface area contributed by atoms with Crippen molar-refractivity contribution in [3.63, 3.8) is 0 Å². The number of likely N-dealkylation sites (N-methyl/N-ethyl adjacent to an activating group) is 1. The molecule has 1 heteroatoms. The summed E-state index contributed by atoms with van der Waals surface area (Å²) in [6, 6.07) is 11.5. The topological polar surface area (TPSA) is 12.0 Å². The van der Waals surface area contributed by atoms with Gasteiger partial charge in [0.1, 0.15) is 0 Å². The van der Waals surface area contributed by atoms with E-state index in [1.54, 1.807) is 0 Å². The Bertz CT molecular complexity index is 300. The van der Waals surface area contributed by atoms with Gasteiger partial charge in [-0.15, -0.1) is 0 Å². The molecule has 1 fully saturated rings. The maximum absolute atomic E-state index is 3.54. The summed E-state index contributed by atoms with van der Waals surface area (Å²) in [5.74, 6) is 1.49. The summed E-state index contributed by atoms with van der Waals surface area (Å²) < 4.78 is 0. The van der Waals surface area contributed by atoms with Crippen molar-refractivity contribution in [2.75, 3.05) is 7.05 Å². The van der Waals surface area contributed by atoms with E-state index < -0.39 is 0 Å². The molecule has 0 heterocycles. The van der Waals surface area contributed by atoms with Crippen LogP contribution in [0.1, 0.15) is 44.1 Å². The fraction of sp³-hybridized carbons (Fsp3) is 0.600. The number of hydrogen-bond acceptors (Lipinski definition) is 1. The van der Waals surface area contributed by atoms with E-state index in [4.69, 9.17) is 0 Å². The Morgan fingerprint density at radius 1 is 1.12 bits per heavy atom. The van der Waals surface area contributed by atoms with Gasteiger partial charge in [-0.1, -0.05) is 50.1 Å². The fourth-order valence-electron chi connectivity index (χ4n) is 3.17. The summed E-state index contributed by atoms with van der Waals surface area (Å²) >= 11 is 0. The summed E-state index contributed by atoms with van der Waals surface area (Å²) in [6.07, 6.45) is 5.65. The highest BCUT2D eigenvalue weighted by molar-refractivity contribution is 5.21. The zero-order chi connectivity index (χ0) is 11.4. The zero-order valence-corrected chi connectivity index (χ0v) is 10.4. The van der Waals surface area contributed by atoms with Gasteiger partial charge in [0.25, 0.3) is 0 Å². The molecule has 0 spiro atoms. The number of hydrogen-bond donors (Lipinski definition) is 1. The first kappa shape index (κ1) is 11.7. The molecular formula is C15H23N. The third kappa shape index (κ3) is 2.46. The van der Waals surface area contributed by atoms with Crippen molar-refractivity contribution in [2.24, 2.45) is 5.92 Å². The van der Waals surface area contributed by atoms with Gasteiger partial charge in [-0.05, 0) is 37.3 Å². The molecule has 0 bridgehead atoms. The van der Waals surface area contributed by atoms with Crippen molar-refractivity contribution >= 4 is 0 Å². The van der Waals surface area contributed by atoms with Crippen LogP contribution in [0.3, 0.4) is 0 Å². The van der Waals surface area contributed by atoms with Crippen LogP contribution in [0.15, 0.2) is 30.3 Å². The molecule has 1 aromatic carbocycles. The van der Waals surface area contributed by atoms with Crippen LogP contribution in [0.25, 0.3) is 0 Å². The van der Waals surface area contributed by atoms with Crippen LogP contribution in [0, 0.1) is 5.92 Å². The van der Waals surface area contributed by atoms with Crippen molar-refractivity contribution in [2.45, 2.75) is 44.6 Å². The first-order valence-corrected chi connectivity index (χ1v) is 6.55. The van der Waals surface area contributed by atoms with Gasteiger partial charge < -0.3 is 5.32 Å². The molecule has 1 N–H and O–H groups in total. The maximum atomic E-state index is 3.54. The van der Waals surface area contributed by atoms with Gasteiger partial charge in [-0.3, -0.25) is 0 Å². The van der Waals surface area contributed by atoms with Gasteiger partial charge in [0, 0.05) is 6.04 Å². The minimum atomic E-state index is 0.620. The normalized spacial score (nSPS) is 20.9. The zero-order valence-electron chi connectivity index (χ0n) is 10.4. The van der Waals surface area contributed by atoms with Gasteiger partial charge >= 0.3 is 0 Å². The number of rotatable bonds is 4. The Morgan fingerprint density at radius 3 is 2.31 bits per heavy atom. The van der Waals surface area contributed by atoms with Crippen LogP contribution in [-0.4, -0.2) is 13.1 Å². The molecule has 16 heavy (non-hydrogen) atoms. The predicted octanol–water partition coefficient (Wildman–Crippen LogP) is 3.57. The van der Waals surface area contributed by atoms with Gasteiger partial charge in [0.15, 0.2) is 0 Å². The predicted molar refractivity (Wildman–Crippen MR) is 69.7 cm³/mol. The van der Waals surface area contributed by atoms with E-state index in [1.807, 2.05) is 0 Å². The number of benzene rings is 1. The monoisotopic (exact) mass is 217 g/mol. The summed E-state index contributed by atoms with van der Waals surface area (Å²) in [6.45, 7) is 2.36. The minimum absolute atomic E-state index is 0.620. The minimum Gasteiger partial charge on any atom is -0.316 e. The van der Waals surface area contributed by atoms with E-state index in [2.05, 4.69) is 49.6 Å². The smallest absolute Gasteiger partial charge is 0.0158 e. The second kappa shape index (κ2) is 5.49. The SMILES string of the molecule is CNC(C1CCCC1)C(C)c1ccccc1. The highest BCUT2D eigenvalue weighted by atomic mass is 14.9. The third-order valence-corrected chi connectivity index (χ3v) is 4.11. The molecule has 0 saturated heterocycles. The number of nitrogens with one attached hydrogen (secondary N) is 1. The second-order valence-electron chi connectivity index (χ2n) is 5.06. The summed E-state index contributed by atoms with van der Waals surface area (Å²) in [7, 11) is 2.11. The quantitative estimate of drug-likeness (QED) is 0.813. The van der Waals surface area contributed by atoms with Gasteiger partial charge in [0.2, 0.25) is 0 Å². The first-order valence-electron chi connectivity index (χ1n) is 6.55. The molecule has 1 saturated carbocycles. The summed E-state index contributed by atoms with van der Waals surface area (Å²) in [5.41, 5.74) is 1.47. The van der Waals surface area contributed by atoms with E-state index in [-0.39, 0.29) is 0 Å². The van der Waals surface area contributed by atoms with Crippen LogP contribution >= 0.6 is 0 Å². The van der Waals surface area contributed by atoms with Crippen LogP contribution in [0.5, 0.6) is 0 Å². The van der Waals surface area contributed by atoms with E-state index in [0.29, 0.717) is 12.0 Å². The van der Waals surface area contributed by atoms with Gasteiger partial charge in [-0.2, -0.15) is 0 Å². The Kier molecular flexibility index (Phi) is 4.00. The molecule has 88 valence electrons. The lowest BCUT2D eigenvalue weighted by Gasteiger charge is -2.29. The molecule has 2 rings (SSSR count). The van der Waals surface area contributed by atoms with Crippen molar-refractivity contribution in [3.8, 4) is 0 Å². The standard InChI is InChI=1S/C15H23N/c1-12(13-8-4-3-5-9-13)15(16-2)14-10-6-7-11-14/h3-5,8-9,12,14-16H,6-7,10-11H2,1-2H3. The largest absolute Gasteiger partial charge is 0.316 e. The van der Waals surface area contributed by atoms with Crippen LogP contribution in [-0.2, 0) is 0 Å². The second-order valence-corrected chi connectivity index (χ2v) is 5.06. The highest BCUT2D eigenvalue weighted by Gasteiger charge is 2.28. The molecule has 0 radical (unpaired) electrons. The van der Waals surface area contributed by atoms with Crippen molar-refractivity contribution < 1.29 is 0 Å². The van der Waals surface area contributed by atoms with Crippen molar-refractivity contribution in [1.82, 2.24) is 5.32 Å². The fourth-order valence-corrected chi connectivity index (χ4v) is 3.17. The lowest BCUT2D eigenvalue weighted by Crippen LogP contribution is -2.36. The Morgan fingerprint density at radius 2 is 1.75 bits per heavy atom. The molecule has 0 amide bonds. The Labute approximate surface area is 99.3 Å². The molecule has 1 aromatic rings. The van der Waals surface area contributed by atoms with E-state index >= 15 is 0 Å². The lowest BCUT2D eigenvalue weighted by molar-refractivity contribution is 0.337. The van der Waals surface area contributed by atoms with Gasteiger partial charge in [0.05, 0.1) is 0 Å². The van der Waals surface area contributed by atoms with E-state index in [0.717, 1.165) is 5.92 Å². The summed E-state index contributed by atoms with van der Waals surface area (Å²) in [5, 5.41) is 3.54. The first-order chi connectivity index (χ1) is 7.83. The van der Waals surface area contributed by atoms with Crippen LogP contribution in [0.4, 0.5) is 0 Å². The van der Waals surface area contributed by atoms with Gasteiger partial charge in [-0.25, -0.2) is 0 Å². The van der Waals surface area contributed by atoms with Crippen molar-refractivity contribution in [3.05, 3.63) is 35.9 Å². The van der Waals surface area contributed by atoms with E-state index in [9.17, 15) is 0 Å². The van der Waals surface area contributed by atoms with Crippen molar-refractivity contribution in [1.29, 1.82) is 0 Å². The lowest BCUT2D eigenvalue weighted by atomic mass is 9.84.